The van der Waals surface area contributed by atoms with Crippen molar-refractivity contribution in [3.63, 3.8) is 0 Å². The van der Waals surface area contributed by atoms with Gasteiger partial charge in [0, 0.05) is 32.7 Å². The van der Waals surface area contributed by atoms with E-state index in [-0.39, 0.29) is 17.6 Å². The van der Waals surface area contributed by atoms with Gasteiger partial charge in [0.1, 0.15) is 6.04 Å². The molecule has 1 aliphatic heterocycles. The van der Waals surface area contributed by atoms with E-state index < -0.39 is 6.04 Å². The van der Waals surface area contributed by atoms with Crippen molar-refractivity contribution in [1.29, 1.82) is 0 Å². The minimum atomic E-state index is -0.576. The van der Waals surface area contributed by atoms with E-state index in [1.165, 1.54) is 11.8 Å². The van der Waals surface area contributed by atoms with Crippen LogP contribution in [0.25, 0.3) is 0 Å². The predicted molar refractivity (Wildman–Crippen MR) is 98.6 cm³/mol. The summed E-state index contributed by atoms with van der Waals surface area (Å²) in [5.74, 6) is -0.197. The molecule has 26 heavy (non-hydrogen) atoms. The predicted octanol–water partition coefficient (Wildman–Crippen LogP) is 2.13. The number of rotatable bonds is 5. The second-order valence-electron chi connectivity index (χ2n) is 6.61. The number of carbonyl (C=O) groups is 2. The third-order valence-electron chi connectivity index (χ3n) is 4.61. The Morgan fingerprint density at radius 3 is 2.62 bits per heavy atom. The van der Waals surface area contributed by atoms with Crippen LogP contribution in [0.2, 0.25) is 0 Å². The molecule has 1 unspecified atom stereocenters. The minimum Gasteiger partial charge on any atom is -0.459 e. The highest BCUT2D eigenvalue weighted by molar-refractivity contribution is 5.95. The lowest BCUT2D eigenvalue weighted by Gasteiger charge is -2.25. The average Bonchev–Trinajstić information content (AvgIpc) is 3.10. The summed E-state index contributed by atoms with van der Waals surface area (Å²) < 4.78 is 5.07. The van der Waals surface area contributed by atoms with Gasteiger partial charge in [-0.3, -0.25) is 14.5 Å². The molecule has 1 aliphatic rings. The summed E-state index contributed by atoms with van der Waals surface area (Å²) in [4.78, 5) is 28.9. The summed E-state index contributed by atoms with van der Waals surface area (Å²) in [6.07, 6.45) is 2.37. The molecule has 1 fully saturated rings. The smallest absolute Gasteiger partial charge is 0.287 e. The van der Waals surface area contributed by atoms with Gasteiger partial charge in [0.05, 0.1) is 6.26 Å². The zero-order valence-electron chi connectivity index (χ0n) is 15.1. The lowest BCUT2D eigenvalue weighted by atomic mass is 10.2. The van der Waals surface area contributed by atoms with Crippen molar-refractivity contribution in [3.05, 3.63) is 60.1 Å². The van der Waals surface area contributed by atoms with Crippen LogP contribution >= 0.6 is 0 Å². The van der Waals surface area contributed by atoms with Crippen LogP contribution in [0.15, 0.2) is 53.1 Å². The van der Waals surface area contributed by atoms with Crippen molar-refractivity contribution in [2.75, 3.05) is 26.2 Å². The number of nitrogens with zero attached hydrogens (tertiary/aromatic N) is 2. The number of hydrogen-bond acceptors (Lipinski definition) is 4. The van der Waals surface area contributed by atoms with E-state index in [0.717, 1.165) is 26.1 Å². The first-order chi connectivity index (χ1) is 12.6. The molecule has 1 aromatic heterocycles. The highest BCUT2D eigenvalue weighted by Crippen LogP contribution is 2.10. The van der Waals surface area contributed by atoms with Crippen LogP contribution < -0.4 is 5.32 Å². The van der Waals surface area contributed by atoms with Crippen molar-refractivity contribution in [1.82, 2.24) is 15.1 Å². The standard InChI is InChI=1S/C20H25N3O3/c1-16(21-19(24)18-9-5-14-26-18)20(25)23-11-6-10-22(12-13-23)15-17-7-3-2-4-8-17/h2-5,7-9,14,16H,6,10-13,15H2,1H3,(H,21,24). The number of nitrogens with one attached hydrogen (secondary N) is 1. The summed E-state index contributed by atoms with van der Waals surface area (Å²) in [6.45, 7) is 5.80. The summed E-state index contributed by atoms with van der Waals surface area (Å²) in [7, 11) is 0. The molecule has 1 saturated heterocycles. The van der Waals surface area contributed by atoms with Gasteiger partial charge < -0.3 is 14.6 Å². The van der Waals surface area contributed by atoms with E-state index >= 15 is 0 Å². The molecule has 0 radical (unpaired) electrons. The van der Waals surface area contributed by atoms with E-state index in [9.17, 15) is 9.59 Å². The van der Waals surface area contributed by atoms with Gasteiger partial charge in [-0.15, -0.1) is 0 Å². The summed E-state index contributed by atoms with van der Waals surface area (Å²) in [5, 5.41) is 2.71. The molecule has 1 atom stereocenters. The molecule has 0 aliphatic carbocycles. The van der Waals surface area contributed by atoms with Gasteiger partial charge in [-0.2, -0.15) is 0 Å². The minimum absolute atomic E-state index is 0.0496. The van der Waals surface area contributed by atoms with Gasteiger partial charge in [0.2, 0.25) is 5.91 Å². The Labute approximate surface area is 153 Å². The molecule has 0 bridgehead atoms. The van der Waals surface area contributed by atoms with E-state index in [4.69, 9.17) is 4.42 Å². The lowest BCUT2D eigenvalue weighted by molar-refractivity contribution is -0.132. The van der Waals surface area contributed by atoms with Crippen molar-refractivity contribution < 1.29 is 14.0 Å². The van der Waals surface area contributed by atoms with Crippen molar-refractivity contribution in [2.24, 2.45) is 0 Å². The molecular weight excluding hydrogens is 330 g/mol. The Bertz CT molecular complexity index is 715. The van der Waals surface area contributed by atoms with E-state index in [2.05, 4.69) is 22.3 Å². The normalized spacial score (nSPS) is 16.7. The molecule has 0 spiro atoms. The second-order valence-corrected chi connectivity index (χ2v) is 6.61. The first-order valence-electron chi connectivity index (χ1n) is 9.03. The van der Waals surface area contributed by atoms with Crippen LogP contribution in [0.4, 0.5) is 0 Å². The van der Waals surface area contributed by atoms with Crippen LogP contribution in [0.3, 0.4) is 0 Å². The molecule has 2 amide bonds. The molecule has 6 heteroatoms. The van der Waals surface area contributed by atoms with Gasteiger partial charge in [0.25, 0.3) is 5.91 Å². The Balaban J connectivity index is 1.51. The van der Waals surface area contributed by atoms with Gasteiger partial charge in [-0.1, -0.05) is 30.3 Å². The van der Waals surface area contributed by atoms with Crippen molar-refractivity contribution in [3.8, 4) is 0 Å². The van der Waals surface area contributed by atoms with E-state index in [1.54, 1.807) is 19.1 Å². The van der Waals surface area contributed by atoms with E-state index in [0.29, 0.717) is 13.1 Å². The third-order valence-corrected chi connectivity index (χ3v) is 4.61. The maximum atomic E-state index is 12.7. The van der Waals surface area contributed by atoms with Gasteiger partial charge in [-0.05, 0) is 31.0 Å². The zero-order valence-corrected chi connectivity index (χ0v) is 15.1. The molecule has 2 aromatic rings. The van der Waals surface area contributed by atoms with Crippen LogP contribution in [0.1, 0.15) is 29.5 Å². The number of carbonyl (C=O) groups excluding carboxylic acids is 2. The Morgan fingerprint density at radius 1 is 1.08 bits per heavy atom. The fourth-order valence-electron chi connectivity index (χ4n) is 3.20. The molecule has 2 heterocycles. The first kappa shape index (κ1) is 18.2. The topological polar surface area (TPSA) is 65.8 Å². The van der Waals surface area contributed by atoms with Crippen LogP contribution in [-0.4, -0.2) is 53.8 Å². The van der Waals surface area contributed by atoms with E-state index in [1.807, 2.05) is 23.1 Å². The quantitative estimate of drug-likeness (QED) is 0.892. The fraction of sp³-hybridized carbons (Fsp3) is 0.400. The molecular formula is C20H25N3O3. The molecule has 1 aromatic carbocycles. The molecule has 0 saturated carbocycles. The fourth-order valence-corrected chi connectivity index (χ4v) is 3.20. The lowest BCUT2D eigenvalue weighted by Crippen LogP contribution is -2.48. The van der Waals surface area contributed by atoms with Crippen molar-refractivity contribution in [2.45, 2.75) is 25.9 Å². The van der Waals surface area contributed by atoms with Gasteiger partial charge in [0.15, 0.2) is 5.76 Å². The number of hydrogen-bond donors (Lipinski definition) is 1. The summed E-state index contributed by atoms with van der Waals surface area (Å²) in [6, 6.07) is 13.0. The summed E-state index contributed by atoms with van der Waals surface area (Å²) >= 11 is 0. The molecule has 3 rings (SSSR count). The molecule has 1 N–H and O–H groups in total. The highest BCUT2D eigenvalue weighted by Gasteiger charge is 2.25. The van der Waals surface area contributed by atoms with Crippen LogP contribution in [0.5, 0.6) is 0 Å². The maximum Gasteiger partial charge on any atom is 0.287 e. The third kappa shape index (κ3) is 4.73. The van der Waals surface area contributed by atoms with Crippen LogP contribution in [0, 0.1) is 0 Å². The molecule has 6 nitrogen and oxygen atoms in total. The number of benzene rings is 1. The Morgan fingerprint density at radius 2 is 1.88 bits per heavy atom. The Hall–Kier alpha value is -2.60. The van der Waals surface area contributed by atoms with Gasteiger partial charge in [-0.25, -0.2) is 0 Å². The van der Waals surface area contributed by atoms with Crippen LogP contribution in [-0.2, 0) is 11.3 Å². The van der Waals surface area contributed by atoms with Crippen molar-refractivity contribution >= 4 is 11.8 Å². The SMILES string of the molecule is CC(NC(=O)c1ccco1)C(=O)N1CCCN(Cc2ccccc2)CC1. The number of amides is 2. The zero-order chi connectivity index (χ0) is 18.4. The second kappa shape index (κ2) is 8.67. The summed E-state index contributed by atoms with van der Waals surface area (Å²) in [5.41, 5.74) is 1.28. The highest BCUT2D eigenvalue weighted by atomic mass is 16.3. The van der Waals surface area contributed by atoms with Gasteiger partial charge >= 0.3 is 0 Å². The Kier molecular flexibility index (Phi) is 6.07. The number of furan rings is 1. The largest absolute Gasteiger partial charge is 0.459 e. The average molecular weight is 355 g/mol. The molecule has 138 valence electrons. The monoisotopic (exact) mass is 355 g/mol. The maximum absolute atomic E-state index is 12.7. The first-order valence-corrected chi connectivity index (χ1v) is 9.03.